The summed E-state index contributed by atoms with van der Waals surface area (Å²) in [7, 11) is 0. The van der Waals surface area contributed by atoms with Crippen molar-refractivity contribution in [1.29, 1.82) is 0 Å². The number of hydrogen-bond acceptors (Lipinski definition) is 4. The molecule has 0 amide bonds. The molecule has 1 heterocycles. The molecule has 0 N–H and O–H groups in total. The van der Waals surface area contributed by atoms with Crippen molar-refractivity contribution in [2.45, 2.75) is 39.4 Å². The number of morpholine rings is 1. The molecular formula is C12H23NO3. The summed E-state index contributed by atoms with van der Waals surface area (Å²) in [6.45, 7) is 9.51. The van der Waals surface area contributed by atoms with E-state index in [1.54, 1.807) is 0 Å². The Bertz CT molecular complexity index is 216. The molecule has 0 aliphatic carbocycles. The highest BCUT2D eigenvalue weighted by Crippen LogP contribution is 2.07. The first-order chi connectivity index (χ1) is 7.63. The number of ketones is 1. The molecule has 1 aliphatic rings. The highest BCUT2D eigenvalue weighted by atomic mass is 16.5. The molecule has 94 valence electrons. The zero-order chi connectivity index (χ0) is 12.0. The maximum atomic E-state index is 11.8. The van der Waals surface area contributed by atoms with Crippen LogP contribution in [0.25, 0.3) is 0 Å². The molecular weight excluding hydrogens is 206 g/mol. The monoisotopic (exact) mass is 229 g/mol. The SMILES string of the molecule is CCCN1CCOC(C(=O)COC(C)C)C1. The Kier molecular flexibility index (Phi) is 5.95. The number of Topliss-reactive ketones (excluding diaryl/α,β-unsaturated/α-hetero) is 1. The molecule has 4 nitrogen and oxygen atoms in total. The molecule has 1 fully saturated rings. The first kappa shape index (κ1) is 13.6. The number of carbonyl (C=O) groups is 1. The van der Waals surface area contributed by atoms with Gasteiger partial charge < -0.3 is 9.47 Å². The van der Waals surface area contributed by atoms with Gasteiger partial charge in [0.2, 0.25) is 0 Å². The van der Waals surface area contributed by atoms with Crippen molar-refractivity contribution in [2.24, 2.45) is 0 Å². The molecule has 4 heteroatoms. The van der Waals surface area contributed by atoms with Gasteiger partial charge in [0.05, 0.1) is 12.7 Å². The minimum atomic E-state index is -0.293. The van der Waals surface area contributed by atoms with Crippen molar-refractivity contribution >= 4 is 5.78 Å². The quantitative estimate of drug-likeness (QED) is 0.683. The lowest BCUT2D eigenvalue weighted by atomic mass is 10.2. The van der Waals surface area contributed by atoms with Crippen molar-refractivity contribution in [3.63, 3.8) is 0 Å². The normalized spacial score (nSPS) is 22.6. The van der Waals surface area contributed by atoms with Crippen LogP contribution < -0.4 is 0 Å². The summed E-state index contributed by atoms with van der Waals surface area (Å²) in [5, 5.41) is 0. The van der Waals surface area contributed by atoms with E-state index in [0.717, 1.165) is 19.5 Å². The number of nitrogens with zero attached hydrogens (tertiary/aromatic N) is 1. The fourth-order valence-electron chi connectivity index (χ4n) is 1.76. The van der Waals surface area contributed by atoms with E-state index in [4.69, 9.17) is 9.47 Å². The van der Waals surface area contributed by atoms with Crippen LogP contribution in [0.15, 0.2) is 0 Å². The smallest absolute Gasteiger partial charge is 0.188 e. The first-order valence-corrected chi connectivity index (χ1v) is 6.11. The highest BCUT2D eigenvalue weighted by molar-refractivity contribution is 5.84. The first-order valence-electron chi connectivity index (χ1n) is 6.11. The zero-order valence-corrected chi connectivity index (χ0v) is 10.6. The summed E-state index contributed by atoms with van der Waals surface area (Å²) >= 11 is 0. The van der Waals surface area contributed by atoms with E-state index < -0.39 is 0 Å². The van der Waals surface area contributed by atoms with Crippen LogP contribution in [-0.4, -0.2) is 55.7 Å². The van der Waals surface area contributed by atoms with Crippen LogP contribution in [0.3, 0.4) is 0 Å². The van der Waals surface area contributed by atoms with Gasteiger partial charge in [-0.2, -0.15) is 0 Å². The number of ether oxygens (including phenoxy) is 2. The van der Waals surface area contributed by atoms with Crippen LogP contribution >= 0.6 is 0 Å². The van der Waals surface area contributed by atoms with Gasteiger partial charge in [-0.05, 0) is 26.8 Å². The van der Waals surface area contributed by atoms with Crippen molar-refractivity contribution in [3.8, 4) is 0 Å². The Hall–Kier alpha value is -0.450. The van der Waals surface area contributed by atoms with Crippen molar-refractivity contribution in [1.82, 2.24) is 4.90 Å². The van der Waals surface area contributed by atoms with E-state index in [2.05, 4.69) is 11.8 Å². The minimum absolute atomic E-state index is 0.0644. The largest absolute Gasteiger partial charge is 0.371 e. The molecule has 1 aliphatic heterocycles. The second-order valence-corrected chi connectivity index (χ2v) is 4.49. The van der Waals surface area contributed by atoms with Crippen molar-refractivity contribution < 1.29 is 14.3 Å². The van der Waals surface area contributed by atoms with E-state index in [9.17, 15) is 4.79 Å². The predicted octanol–water partition coefficient (Wildman–Crippen LogP) is 1.09. The van der Waals surface area contributed by atoms with E-state index in [1.165, 1.54) is 0 Å². The lowest BCUT2D eigenvalue weighted by Crippen LogP contribution is -2.47. The fraction of sp³-hybridized carbons (Fsp3) is 0.917. The standard InChI is InChI=1S/C12H23NO3/c1-4-5-13-6-7-15-12(8-13)11(14)9-16-10(2)3/h10,12H,4-9H2,1-3H3. The molecule has 0 aromatic carbocycles. The molecule has 1 saturated heterocycles. The molecule has 0 aromatic rings. The van der Waals surface area contributed by atoms with Crippen LogP contribution in [0.1, 0.15) is 27.2 Å². The summed E-state index contributed by atoms with van der Waals surface area (Å²) in [5.74, 6) is 0.0644. The van der Waals surface area contributed by atoms with Crippen molar-refractivity contribution in [2.75, 3.05) is 32.8 Å². The minimum Gasteiger partial charge on any atom is -0.371 e. The topological polar surface area (TPSA) is 38.8 Å². The van der Waals surface area contributed by atoms with Crippen LogP contribution in [-0.2, 0) is 14.3 Å². The Morgan fingerprint density at radius 3 is 2.94 bits per heavy atom. The van der Waals surface area contributed by atoms with E-state index >= 15 is 0 Å². The molecule has 16 heavy (non-hydrogen) atoms. The Labute approximate surface area is 97.9 Å². The lowest BCUT2D eigenvalue weighted by molar-refractivity contribution is -0.142. The van der Waals surface area contributed by atoms with Gasteiger partial charge in [0, 0.05) is 13.1 Å². The van der Waals surface area contributed by atoms with Gasteiger partial charge in [-0.15, -0.1) is 0 Å². The van der Waals surface area contributed by atoms with Crippen LogP contribution in [0.5, 0.6) is 0 Å². The molecule has 1 unspecified atom stereocenters. The predicted molar refractivity (Wildman–Crippen MR) is 62.6 cm³/mol. The average Bonchev–Trinajstić information content (AvgIpc) is 2.26. The maximum Gasteiger partial charge on any atom is 0.188 e. The van der Waals surface area contributed by atoms with Gasteiger partial charge in [0.1, 0.15) is 12.7 Å². The molecule has 0 radical (unpaired) electrons. The highest BCUT2D eigenvalue weighted by Gasteiger charge is 2.26. The number of hydrogen-bond donors (Lipinski definition) is 0. The number of rotatable bonds is 6. The Morgan fingerprint density at radius 2 is 2.31 bits per heavy atom. The average molecular weight is 229 g/mol. The third-order valence-electron chi connectivity index (χ3n) is 2.61. The van der Waals surface area contributed by atoms with Gasteiger partial charge in [0.25, 0.3) is 0 Å². The van der Waals surface area contributed by atoms with Crippen LogP contribution in [0.2, 0.25) is 0 Å². The van der Waals surface area contributed by atoms with Crippen LogP contribution in [0.4, 0.5) is 0 Å². The van der Waals surface area contributed by atoms with Gasteiger partial charge in [-0.25, -0.2) is 0 Å². The third kappa shape index (κ3) is 4.60. The fourth-order valence-corrected chi connectivity index (χ4v) is 1.76. The Morgan fingerprint density at radius 1 is 1.56 bits per heavy atom. The summed E-state index contributed by atoms with van der Waals surface area (Å²) < 4.78 is 10.8. The molecule has 1 atom stereocenters. The van der Waals surface area contributed by atoms with Crippen LogP contribution in [0, 0.1) is 0 Å². The molecule has 0 aromatic heterocycles. The zero-order valence-electron chi connectivity index (χ0n) is 10.6. The summed E-state index contributed by atoms with van der Waals surface area (Å²) in [6, 6.07) is 0. The summed E-state index contributed by atoms with van der Waals surface area (Å²) in [4.78, 5) is 14.1. The maximum absolute atomic E-state index is 11.8. The van der Waals surface area contributed by atoms with Crippen molar-refractivity contribution in [3.05, 3.63) is 0 Å². The summed E-state index contributed by atoms with van der Waals surface area (Å²) in [6.07, 6.45) is 0.919. The number of carbonyl (C=O) groups excluding carboxylic acids is 1. The van der Waals surface area contributed by atoms with Gasteiger partial charge in [0.15, 0.2) is 5.78 Å². The molecule has 0 saturated carbocycles. The summed E-state index contributed by atoms with van der Waals surface area (Å²) in [5.41, 5.74) is 0. The lowest BCUT2D eigenvalue weighted by Gasteiger charge is -2.31. The van der Waals surface area contributed by atoms with E-state index in [1.807, 2.05) is 13.8 Å². The van der Waals surface area contributed by atoms with E-state index in [-0.39, 0.29) is 24.6 Å². The molecule has 0 spiro atoms. The van der Waals surface area contributed by atoms with Gasteiger partial charge >= 0.3 is 0 Å². The van der Waals surface area contributed by atoms with Gasteiger partial charge in [-0.3, -0.25) is 9.69 Å². The van der Waals surface area contributed by atoms with Gasteiger partial charge in [-0.1, -0.05) is 6.92 Å². The van der Waals surface area contributed by atoms with E-state index in [0.29, 0.717) is 13.2 Å². The Balaban J connectivity index is 2.32. The third-order valence-corrected chi connectivity index (χ3v) is 2.61. The molecule has 0 bridgehead atoms. The second-order valence-electron chi connectivity index (χ2n) is 4.49. The molecule has 1 rings (SSSR count). The second kappa shape index (κ2) is 6.99.